The van der Waals surface area contributed by atoms with E-state index in [4.69, 9.17) is 0 Å². The topological polar surface area (TPSA) is 23.5 Å². The van der Waals surface area contributed by atoms with Gasteiger partial charge in [-0.2, -0.15) is 0 Å². The van der Waals surface area contributed by atoms with Crippen LogP contribution in [0.2, 0.25) is 0 Å². The van der Waals surface area contributed by atoms with Crippen LogP contribution in [0, 0.1) is 11.7 Å². The zero-order chi connectivity index (χ0) is 12.4. The van der Waals surface area contributed by atoms with E-state index in [1.165, 1.54) is 12.1 Å². The van der Waals surface area contributed by atoms with Crippen molar-refractivity contribution < 1.29 is 9.50 Å². The number of rotatable bonds is 2. The highest BCUT2D eigenvalue weighted by atomic mass is 79.9. The van der Waals surface area contributed by atoms with E-state index in [1.54, 1.807) is 6.07 Å². The van der Waals surface area contributed by atoms with Gasteiger partial charge in [-0.15, -0.1) is 0 Å². The maximum atomic E-state index is 13.0. The first-order valence-electron chi connectivity index (χ1n) is 5.90. The molecule has 2 rings (SSSR count). The first-order chi connectivity index (χ1) is 8.06. The lowest BCUT2D eigenvalue weighted by molar-refractivity contribution is 0.0258. The van der Waals surface area contributed by atoms with Gasteiger partial charge in [0.2, 0.25) is 0 Å². The summed E-state index contributed by atoms with van der Waals surface area (Å²) < 4.78 is 13.8. The van der Waals surface area contributed by atoms with Crippen molar-refractivity contribution in [3.63, 3.8) is 0 Å². The third kappa shape index (κ3) is 3.27. The smallest absolute Gasteiger partial charge is 0.124 e. The lowest BCUT2D eigenvalue weighted by Crippen LogP contribution is -2.42. The van der Waals surface area contributed by atoms with E-state index in [0.717, 1.165) is 29.5 Å². The first-order valence-corrected chi connectivity index (χ1v) is 6.70. The van der Waals surface area contributed by atoms with Gasteiger partial charge in [0.25, 0.3) is 0 Å². The van der Waals surface area contributed by atoms with Crippen molar-refractivity contribution in [3.8, 4) is 0 Å². The van der Waals surface area contributed by atoms with Crippen LogP contribution in [0.3, 0.4) is 0 Å². The molecule has 1 aliphatic rings. The molecule has 0 radical (unpaired) electrons. The van der Waals surface area contributed by atoms with Crippen LogP contribution in [-0.2, 0) is 6.54 Å². The molecule has 0 bridgehead atoms. The molecule has 0 aromatic heterocycles. The van der Waals surface area contributed by atoms with Gasteiger partial charge in [0.05, 0.1) is 6.10 Å². The quantitative estimate of drug-likeness (QED) is 0.908. The molecule has 2 nitrogen and oxygen atoms in total. The van der Waals surface area contributed by atoms with Crippen molar-refractivity contribution in [3.05, 3.63) is 34.1 Å². The Kier molecular flexibility index (Phi) is 4.17. The van der Waals surface area contributed by atoms with Crippen LogP contribution in [0.25, 0.3) is 0 Å². The fourth-order valence-corrected chi connectivity index (χ4v) is 2.63. The zero-order valence-corrected chi connectivity index (χ0v) is 11.5. The SMILES string of the molecule is CC1CCN(Cc2ccc(F)cc2Br)CC1O. The van der Waals surface area contributed by atoms with E-state index >= 15 is 0 Å². The number of aliphatic hydroxyl groups is 1. The molecule has 1 aromatic rings. The summed E-state index contributed by atoms with van der Waals surface area (Å²) in [6, 6.07) is 4.76. The van der Waals surface area contributed by atoms with E-state index in [0.29, 0.717) is 12.5 Å². The Bertz CT molecular complexity index is 399. The second-order valence-corrected chi connectivity index (χ2v) is 5.66. The Morgan fingerprint density at radius 3 is 2.94 bits per heavy atom. The number of aliphatic hydroxyl groups excluding tert-OH is 1. The van der Waals surface area contributed by atoms with Gasteiger partial charge in [-0.3, -0.25) is 4.90 Å². The predicted molar refractivity (Wildman–Crippen MR) is 69.2 cm³/mol. The Morgan fingerprint density at radius 1 is 1.53 bits per heavy atom. The van der Waals surface area contributed by atoms with Gasteiger partial charge in [-0.05, 0) is 36.6 Å². The van der Waals surface area contributed by atoms with Crippen molar-refractivity contribution in [2.75, 3.05) is 13.1 Å². The minimum atomic E-state index is -0.247. The number of halogens is 2. The number of benzene rings is 1. The largest absolute Gasteiger partial charge is 0.392 e. The fourth-order valence-electron chi connectivity index (χ4n) is 2.15. The van der Waals surface area contributed by atoms with Gasteiger partial charge in [0.1, 0.15) is 5.82 Å². The van der Waals surface area contributed by atoms with Crippen molar-refractivity contribution in [2.45, 2.75) is 26.0 Å². The molecule has 2 atom stereocenters. The van der Waals surface area contributed by atoms with E-state index in [-0.39, 0.29) is 11.9 Å². The van der Waals surface area contributed by atoms with Crippen LogP contribution in [0.1, 0.15) is 18.9 Å². The summed E-state index contributed by atoms with van der Waals surface area (Å²) in [5, 5.41) is 9.83. The number of β-amino-alcohol motifs (C(OH)–C–C–N with tert-alkyl or cyclic N) is 1. The maximum Gasteiger partial charge on any atom is 0.124 e. The Labute approximate surface area is 110 Å². The second kappa shape index (κ2) is 5.46. The maximum absolute atomic E-state index is 13.0. The minimum Gasteiger partial charge on any atom is -0.392 e. The molecule has 1 heterocycles. The summed E-state index contributed by atoms with van der Waals surface area (Å²) in [5.41, 5.74) is 1.06. The summed E-state index contributed by atoms with van der Waals surface area (Å²) in [4.78, 5) is 2.21. The highest BCUT2D eigenvalue weighted by Gasteiger charge is 2.24. The zero-order valence-electron chi connectivity index (χ0n) is 9.87. The normalized spacial score (nSPS) is 26.1. The Balaban J connectivity index is 2.01. The lowest BCUT2D eigenvalue weighted by Gasteiger charge is -2.34. The Morgan fingerprint density at radius 2 is 2.29 bits per heavy atom. The van der Waals surface area contributed by atoms with Crippen molar-refractivity contribution in [1.29, 1.82) is 0 Å². The molecular weight excluding hydrogens is 285 g/mol. The number of likely N-dealkylation sites (tertiary alicyclic amines) is 1. The number of hydrogen-bond acceptors (Lipinski definition) is 2. The standard InChI is InChI=1S/C13H17BrFNO/c1-9-4-5-16(8-13(9)17)7-10-2-3-11(15)6-12(10)14/h2-3,6,9,13,17H,4-5,7-8H2,1H3. The van der Waals surface area contributed by atoms with Crippen molar-refractivity contribution >= 4 is 15.9 Å². The molecule has 2 unspecified atom stereocenters. The number of piperidine rings is 1. The lowest BCUT2D eigenvalue weighted by atomic mass is 9.96. The van der Waals surface area contributed by atoms with E-state index < -0.39 is 0 Å². The fraction of sp³-hybridized carbons (Fsp3) is 0.538. The van der Waals surface area contributed by atoms with Crippen molar-refractivity contribution in [1.82, 2.24) is 4.90 Å². The summed E-state index contributed by atoms with van der Waals surface area (Å²) >= 11 is 3.37. The van der Waals surface area contributed by atoms with Gasteiger partial charge in [0, 0.05) is 17.6 Å². The summed E-state index contributed by atoms with van der Waals surface area (Å²) in [6.07, 6.45) is 0.767. The van der Waals surface area contributed by atoms with Crippen LogP contribution < -0.4 is 0 Å². The van der Waals surface area contributed by atoms with Gasteiger partial charge in [-0.25, -0.2) is 4.39 Å². The monoisotopic (exact) mass is 301 g/mol. The molecule has 4 heteroatoms. The molecule has 17 heavy (non-hydrogen) atoms. The summed E-state index contributed by atoms with van der Waals surface area (Å²) in [7, 11) is 0. The summed E-state index contributed by atoms with van der Waals surface area (Å²) in [6.45, 7) is 4.52. The molecule has 1 aromatic carbocycles. The highest BCUT2D eigenvalue weighted by molar-refractivity contribution is 9.10. The third-order valence-corrected chi connectivity index (χ3v) is 4.15. The molecular formula is C13H17BrFNO. The molecule has 1 N–H and O–H groups in total. The van der Waals surface area contributed by atoms with Gasteiger partial charge in [-0.1, -0.05) is 28.9 Å². The van der Waals surface area contributed by atoms with Gasteiger partial charge < -0.3 is 5.11 Å². The molecule has 0 saturated carbocycles. The van der Waals surface area contributed by atoms with Crippen LogP contribution in [0.5, 0.6) is 0 Å². The second-order valence-electron chi connectivity index (χ2n) is 4.80. The predicted octanol–water partition coefficient (Wildman–Crippen LogP) is 2.79. The molecule has 0 aliphatic carbocycles. The van der Waals surface area contributed by atoms with Crippen LogP contribution in [0.4, 0.5) is 4.39 Å². The molecule has 1 aliphatic heterocycles. The van der Waals surface area contributed by atoms with E-state index in [2.05, 4.69) is 27.8 Å². The van der Waals surface area contributed by atoms with Crippen LogP contribution in [0.15, 0.2) is 22.7 Å². The van der Waals surface area contributed by atoms with Gasteiger partial charge >= 0.3 is 0 Å². The van der Waals surface area contributed by atoms with E-state index in [1.807, 2.05) is 0 Å². The summed E-state index contributed by atoms with van der Waals surface area (Å²) in [5.74, 6) is 0.149. The molecule has 0 spiro atoms. The minimum absolute atomic E-state index is 0.229. The molecule has 1 fully saturated rings. The first kappa shape index (κ1) is 13.0. The average Bonchev–Trinajstić information content (AvgIpc) is 2.27. The van der Waals surface area contributed by atoms with Gasteiger partial charge in [0.15, 0.2) is 0 Å². The van der Waals surface area contributed by atoms with Crippen molar-refractivity contribution in [2.24, 2.45) is 5.92 Å². The molecule has 0 amide bonds. The number of hydrogen-bond donors (Lipinski definition) is 1. The third-order valence-electron chi connectivity index (χ3n) is 3.41. The van der Waals surface area contributed by atoms with E-state index in [9.17, 15) is 9.50 Å². The highest BCUT2D eigenvalue weighted by Crippen LogP contribution is 2.23. The molecule has 94 valence electrons. The average molecular weight is 302 g/mol. The van der Waals surface area contributed by atoms with Crippen LogP contribution in [-0.4, -0.2) is 29.2 Å². The number of nitrogens with zero attached hydrogens (tertiary/aromatic N) is 1. The molecule has 1 saturated heterocycles. The van der Waals surface area contributed by atoms with Crippen LogP contribution >= 0.6 is 15.9 Å². The Hall–Kier alpha value is -0.450.